The van der Waals surface area contributed by atoms with Crippen LogP contribution in [0, 0.1) is 13.8 Å². The van der Waals surface area contributed by atoms with E-state index in [4.69, 9.17) is 0 Å². The molecule has 1 atom stereocenters. The molecule has 0 bridgehead atoms. The lowest BCUT2D eigenvalue weighted by Gasteiger charge is -2.37. The standard InChI is InChI=1S/C17H28N2/c1-13-5-6-14(2)15(11-13)7-9-18-16-8-10-19-17(3,4)12-16/h5-6,11,16,18-19H,7-10,12H2,1-4H3. The first-order valence-electron chi connectivity index (χ1n) is 7.51. The molecule has 0 radical (unpaired) electrons. The zero-order chi connectivity index (χ0) is 13.9. The van der Waals surface area contributed by atoms with Gasteiger partial charge < -0.3 is 10.6 Å². The lowest BCUT2D eigenvalue weighted by Crippen LogP contribution is -2.52. The maximum atomic E-state index is 3.73. The molecule has 0 saturated carbocycles. The first-order valence-corrected chi connectivity index (χ1v) is 7.51. The van der Waals surface area contributed by atoms with Crippen LogP contribution in [0.1, 0.15) is 43.4 Å². The Balaban J connectivity index is 1.81. The second-order valence-electron chi connectivity index (χ2n) is 6.63. The van der Waals surface area contributed by atoms with Crippen LogP contribution in [-0.4, -0.2) is 24.7 Å². The molecular weight excluding hydrogens is 232 g/mol. The summed E-state index contributed by atoms with van der Waals surface area (Å²) in [7, 11) is 0. The molecule has 106 valence electrons. The number of piperidine rings is 1. The zero-order valence-corrected chi connectivity index (χ0v) is 12.8. The Bertz CT molecular complexity index is 423. The van der Waals surface area contributed by atoms with E-state index in [2.05, 4.69) is 56.5 Å². The van der Waals surface area contributed by atoms with Crippen LogP contribution in [0.15, 0.2) is 18.2 Å². The van der Waals surface area contributed by atoms with Gasteiger partial charge >= 0.3 is 0 Å². The second kappa shape index (κ2) is 6.06. The van der Waals surface area contributed by atoms with Gasteiger partial charge in [0.15, 0.2) is 0 Å². The van der Waals surface area contributed by atoms with E-state index in [-0.39, 0.29) is 5.54 Å². The van der Waals surface area contributed by atoms with Crippen molar-refractivity contribution in [1.29, 1.82) is 0 Å². The van der Waals surface area contributed by atoms with Crippen LogP contribution in [0.2, 0.25) is 0 Å². The van der Waals surface area contributed by atoms with Gasteiger partial charge in [-0.1, -0.05) is 23.8 Å². The minimum atomic E-state index is 0.287. The topological polar surface area (TPSA) is 24.1 Å². The third-order valence-electron chi connectivity index (χ3n) is 4.19. The number of benzene rings is 1. The van der Waals surface area contributed by atoms with E-state index < -0.39 is 0 Å². The fraction of sp³-hybridized carbons (Fsp3) is 0.647. The summed E-state index contributed by atoms with van der Waals surface area (Å²) >= 11 is 0. The summed E-state index contributed by atoms with van der Waals surface area (Å²) in [5.74, 6) is 0. The van der Waals surface area contributed by atoms with E-state index in [9.17, 15) is 0 Å². The lowest BCUT2D eigenvalue weighted by atomic mass is 9.89. The van der Waals surface area contributed by atoms with Gasteiger partial charge in [0.1, 0.15) is 0 Å². The highest BCUT2D eigenvalue weighted by atomic mass is 15.0. The maximum Gasteiger partial charge on any atom is 0.0139 e. The van der Waals surface area contributed by atoms with Crippen molar-refractivity contribution in [2.45, 2.75) is 58.5 Å². The first kappa shape index (κ1) is 14.5. The fourth-order valence-corrected chi connectivity index (χ4v) is 3.03. The minimum absolute atomic E-state index is 0.287. The monoisotopic (exact) mass is 260 g/mol. The smallest absolute Gasteiger partial charge is 0.0139 e. The quantitative estimate of drug-likeness (QED) is 0.870. The summed E-state index contributed by atoms with van der Waals surface area (Å²) < 4.78 is 0. The molecule has 1 heterocycles. The molecule has 2 nitrogen and oxygen atoms in total. The van der Waals surface area contributed by atoms with Gasteiger partial charge in [-0.05, 0) is 71.2 Å². The van der Waals surface area contributed by atoms with Crippen LogP contribution in [0.5, 0.6) is 0 Å². The Morgan fingerprint density at radius 2 is 2.11 bits per heavy atom. The van der Waals surface area contributed by atoms with Crippen LogP contribution in [0.4, 0.5) is 0 Å². The SMILES string of the molecule is Cc1ccc(C)c(CCNC2CCNC(C)(C)C2)c1. The van der Waals surface area contributed by atoms with Gasteiger partial charge in [0.25, 0.3) is 0 Å². The van der Waals surface area contributed by atoms with Gasteiger partial charge in [0.2, 0.25) is 0 Å². The van der Waals surface area contributed by atoms with Gasteiger partial charge in [-0.15, -0.1) is 0 Å². The summed E-state index contributed by atoms with van der Waals surface area (Å²) in [5, 5.41) is 7.31. The van der Waals surface area contributed by atoms with Crippen LogP contribution in [0.25, 0.3) is 0 Å². The normalized spacial score (nSPS) is 22.4. The largest absolute Gasteiger partial charge is 0.314 e. The molecule has 2 N–H and O–H groups in total. The summed E-state index contributed by atoms with van der Waals surface area (Å²) in [6.45, 7) is 11.2. The van der Waals surface area contributed by atoms with Gasteiger partial charge in [0, 0.05) is 11.6 Å². The molecule has 0 aromatic heterocycles. The molecule has 2 heteroatoms. The van der Waals surface area contributed by atoms with Crippen LogP contribution >= 0.6 is 0 Å². The Hall–Kier alpha value is -0.860. The molecule has 19 heavy (non-hydrogen) atoms. The van der Waals surface area contributed by atoms with E-state index in [1.54, 1.807) is 0 Å². The second-order valence-corrected chi connectivity index (χ2v) is 6.63. The van der Waals surface area contributed by atoms with E-state index in [1.165, 1.54) is 29.5 Å². The zero-order valence-electron chi connectivity index (χ0n) is 12.8. The first-order chi connectivity index (χ1) is 8.96. The van der Waals surface area contributed by atoms with Crippen molar-refractivity contribution in [2.75, 3.05) is 13.1 Å². The van der Waals surface area contributed by atoms with Crippen LogP contribution < -0.4 is 10.6 Å². The highest BCUT2D eigenvalue weighted by molar-refractivity contribution is 5.30. The Morgan fingerprint density at radius 1 is 1.32 bits per heavy atom. The van der Waals surface area contributed by atoms with Gasteiger partial charge in [-0.25, -0.2) is 0 Å². The maximum absolute atomic E-state index is 3.73. The average molecular weight is 260 g/mol. The lowest BCUT2D eigenvalue weighted by molar-refractivity contribution is 0.249. The van der Waals surface area contributed by atoms with Crippen molar-refractivity contribution >= 4 is 0 Å². The molecule has 1 aliphatic rings. The van der Waals surface area contributed by atoms with Crippen molar-refractivity contribution in [3.8, 4) is 0 Å². The predicted molar refractivity (Wildman–Crippen MR) is 82.7 cm³/mol. The molecule has 1 aromatic carbocycles. The molecular formula is C17H28N2. The Labute approximate surface area is 118 Å². The Kier molecular flexibility index (Phi) is 4.64. The summed E-state index contributed by atoms with van der Waals surface area (Å²) in [4.78, 5) is 0. The van der Waals surface area contributed by atoms with Crippen molar-refractivity contribution in [2.24, 2.45) is 0 Å². The van der Waals surface area contributed by atoms with Crippen LogP contribution in [-0.2, 0) is 6.42 Å². The highest BCUT2D eigenvalue weighted by Crippen LogP contribution is 2.18. The van der Waals surface area contributed by atoms with Gasteiger partial charge in [0.05, 0.1) is 0 Å². The van der Waals surface area contributed by atoms with Gasteiger partial charge in [-0.2, -0.15) is 0 Å². The number of nitrogens with one attached hydrogen (secondary N) is 2. The highest BCUT2D eigenvalue weighted by Gasteiger charge is 2.26. The van der Waals surface area contributed by atoms with Crippen LogP contribution in [0.3, 0.4) is 0 Å². The molecule has 1 fully saturated rings. The summed E-state index contributed by atoms with van der Waals surface area (Å²) in [6.07, 6.45) is 3.61. The molecule has 1 unspecified atom stereocenters. The van der Waals surface area contributed by atoms with Gasteiger partial charge in [-0.3, -0.25) is 0 Å². The number of hydrogen-bond donors (Lipinski definition) is 2. The fourth-order valence-electron chi connectivity index (χ4n) is 3.03. The third kappa shape index (κ3) is 4.32. The van der Waals surface area contributed by atoms with E-state index in [1.807, 2.05) is 0 Å². The minimum Gasteiger partial charge on any atom is -0.314 e. The third-order valence-corrected chi connectivity index (χ3v) is 4.19. The van der Waals surface area contributed by atoms with E-state index in [0.717, 1.165) is 19.5 Å². The Morgan fingerprint density at radius 3 is 2.84 bits per heavy atom. The number of hydrogen-bond acceptors (Lipinski definition) is 2. The summed E-state index contributed by atoms with van der Waals surface area (Å²) in [6, 6.07) is 7.42. The molecule has 2 rings (SSSR count). The molecule has 0 amide bonds. The van der Waals surface area contributed by atoms with E-state index in [0.29, 0.717) is 6.04 Å². The van der Waals surface area contributed by atoms with Crippen molar-refractivity contribution in [3.05, 3.63) is 34.9 Å². The molecule has 1 aromatic rings. The molecule has 0 spiro atoms. The predicted octanol–water partition coefficient (Wildman–Crippen LogP) is 2.97. The molecule has 0 aliphatic carbocycles. The van der Waals surface area contributed by atoms with Crippen molar-refractivity contribution in [3.63, 3.8) is 0 Å². The summed E-state index contributed by atoms with van der Waals surface area (Å²) in [5.41, 5.74) is 4.55. The van der Waals surface area contributed by atoms with E-state index >= 15 is 0 Å². The average Bonchev–Trinajstić information content (AvgIpc) is 2.32. The number of aryl methyl sites for hydroxylation is 2. The van der Waals surface area contributed by atoms with Crippen molar-refractivity contribution in [1.82, 2.24) is 10.6 Å². The molecule has 1 aliphatic heterocycles. The van der Waals surface area contributed by atoms with Crippen molar-refractivity contribution < 1.29 is 0 Å². The number of rotatable bonds is 4. The molecule has 1 saturated heterocycles.